The first-order valence-electron chi connectivity index (χ1n) is 9.24. The molecule has 0 aliphatic carbocycles. The highest BCUT2D eigenvalue weighted by molar-refractivity contribution is 7.90. The van der Waals surface area contributed by atoms with E-state index in [2.05, 4.69) is 9.71 Å². The molecule has 150 valence electrons. The Hall–Kier alpha value is -2.38. The molecular formula is C21H26N2O4S. The van der Waals surface area contributed by atoms with Gasteiger partial charge < -0.3 is 9.84 Å². The van der Waals surface area contributed by atoms with Crippen molar-refractivity contribution < 1.29 is 18.3 Å². The minimum absolute atomic E-state index is 0.0452. The van der Waals surface area contributed by atoms with E-state index >= 15 is 0 Å². The van der Waals surface area contributed by atoms with Gasteiger partial charge in [0.05, 0.1) is 6.04 Å². The lowest BCUT2D eigenvalue weighted by Gasteiger charge is -2.39. The van der Waals surface area contributed by atoms with Crippen molar-refractivity contribution in [3.8, 4) is 0 Å². The van der Waals surface area contributed by atoms with Gasteiger partial charge >= 0.3 is 0 Å². The second-order valence-electron chi connectivity index (χ2n) is 7.52. The normalized spacial score (nSPS) is 22.9. The lowest BCUT2D eigenvalue weighted by molar-refractivity contribution is 0.0759. The van der Waals surface area contributed by atoms with E-state index in [0.29, 0.717) is 12.0 Å². The molecule has 1 unspecified atom stereocenters. The van der Waals surface area contributed by atoms with Gasteiger partial charge in [-0.05, 0) is 38.3 Å². The minimum Gasteiger partial charge on any atom is -0.457 e. The molecule has 1 aliphatic rings. The van der Waals surface area contributed by atoms with E-state index in [1.54, 1.807) is 19.9 Å². The molecule has 2 aromatic rings. The number of aliphatic hydroxyl groups is 1. The van der Waals surface area contributed by atoms with Gasteiger partial charge in [-0.2, -0.15) is 0 Å². The number of ether oxygens (including phenoxy) is 1. The zero-order valence-corrected chi connectivity index (χ0v) is 17.1. The standard InChI is InChI=1S/C21H26N2O4S/c1-15-8-7-11-17(14-15)19-21(2,3)27-20(23-28(19,25)26)22-18(12-13-24)16-9-5-4-6-10-16/h4-11,14,18-19,24H,12-13H2,1-3H3,(H,22,23)/t18-,19?/m0/s1. The highest BCUT2D eigenvalue weighted by Gasteiger charge is 2.48. The highest BCUT2D eigenvalue weighted by Crippen LogP contribution is 2.39. The molecule has 1 aliphatic heterocycles. The van der Waals surface area contributed by atoms with E-state index in [4.69, 9.17) is 4.74 Å². The number of aryl methyl sites for hydroxylation is 1. The Morgan fingerprint density at radius 2 is 1.89 bits per heavy atom. The van der Waals surface area contributed by atoms with Crippen LogP contribution < -0.4 is 4.72 Å². The largest absolute Gasteiger partial charge is 0.457 e. The van der Waals surface area contributed by atoms with Crippen LogP contribution in [0.3, 0.4) is 0 Å². The minimum atomic E-state index is -3.76. The van der Waals surface area contributed by atoms with E-state index in [9.17, 15) is 13.5 Å². The number of hydrogen-bond acceptors (Lipinski definition) is 5. The molecule has 1 fully saturated rings. The average molecular weight is 403 g/mol. The molecule has 0 saturated carbocycles. The molecule has 0 amide bonds. The van der Waals surface area contributed by atoms with Gasteiger partial charge in [0, 0.05) is 6.61 Å². The first-order valence-corrected chi connectivity index (χ1v) is 10.8. The van der Waals surface area contributed by atoms with Crippen molar-refractivity contribution in [3.05, 3.63) is 71.3 Å². The second-order valence-corrected chi connectivity index (χ2v) is 9.29. The van der Waals surface area contributed by atoms with Crippen molar-refractivity contribution in [1.82, 2.24) is 4.72 Å². The van der Waals surface area contributed by atoms with Crippen molar-refractivity contribution in [3.63, 3.8) is 0 Å². The number of nitrogens with one attached hydrogen (secondary N) is 1. The maximum Gasteiger partial charge on any atom is 0.299 e. The maximum absolute atomic E-state index is 13.1. The first kappa shape index (κ1) is 20.4. The van der Waals surface area contributed by atoms with E-state index in [1.807, 2.05) is 55.5 Å². The second kappa shape index (κ2) is 7.93. The summed E-state index contributed by atoms with van der Waals surface area (Å²) in [6, 6.07) is 16.4. The number of hydrogen-bond donors (Lipinski definition) is 2. The van der Waals surface area contributed by atoms with Gasteiger partial charge in [-0.1, -0.05) is 60.2 Å². The first-order chi connectivity index (χ1) is 13.2. The summed E-state index contributed by atoms with van der Waals surface area (Å²) in [5, 5.41) is 8.53. The molecule has 3 rings (SSSR count). The molecule has 2 atom stereocenters. The van der Waals surface area contributed by atoms with Crippen LogP contribution >= 0.6 is 0 Å². The van der Waals surface area contributed by atoms with Crippen molar-refractivity contribution in [1.29, 1.82) is 0 Å². The number of aliphatic imine (C=N–C) groups is 1. The molecule has 0 bridgehead atoms. The molecule has 2 aromatic carbocycles. The van der Waals surface area contributed by atoms with Gasteiger partial charge in [-0.15, -0.1) is 0 Å². The molecule has 0 radical (unpaired) electrons. The quantitative estimate of drug-likeness (QED) is 0.804. The van der Waals surface area contributed by atoms with Crippen molar-refractivity contribution in [2.24, 2.45) is 4.99 Å². The molecule has 0 aromatic heterocycles. The van der Waals surface area contributed by atoms with Gasteiger partial charge in [0.15, 0.2) is 0 Å². The summed E-state index contributed by atoms with van der Waals surface area (Å²) in [6.45, 7) is 5.35. The summed E-state index contributed by atoms with van der Waals surface area (Å²) in [7, 11) is -3.76. The van der Waals surface area contributed by atoms with Crippen LogP contribution in [0.25, 0.3) is 0 Å². The van der Waals surface area contributed by atoms with Gasteiger partial charge in [0.2, 0.25) is 10.0 Å². The van der Waals surface area contributed by atoms with Crippen molar-refractivity contribution >= 4 is 16.0 Å². The smallest absolute Gasteiger partial charge is 0.299 e. The van der Waals surface area contributed by atoms with E-state index in [0.717, 1.165) is 11.1 Å². The van der Waals surface area contributed by atoms with Crippen LogP contribution in [0.1, 0.15) is 48.3 Å². The van der Waals surface area contributed by atoms with Gasteiger partial charge in [0.1, 0.15) is 10.9 Å². The molecule has 0 spiro atoms. The summed E-state index contributed by atoms with van der Waals surface area (Å²) in [5.41, 5.74) is 1.52. The Labute approximate surface area is 166 Å². The van der Waals surface area contributed by atoms with Crippen LogP contribution in [0.5, 0.6) is 0 Å². The van der Waals surface area contributed by atoms with Crippen LogP contribution in [0, 0.1) is 6.92 Å². The van der Waals surface area contributed by atoms with Crippen molar-refractivity contribution in [2.75, 3.05) is 6.61 Å². The number of benzene rings is 2. The average Bonchev–Trinajstić information content (AvgIpc) is 2.60. The molecule has 2 N–H and O–H groups in total. The topological polar surface area (TPSA) is 88.0 Å². The molecule has 6 nitrogen and oxygen atoms in total. The SMILES string of the molecule is Cc1cccc(C2C(C)(C)OC(=N[C@@H](CCO)c3ccccc3)NS2(=O)=O)c1. The fourth-order valence-corrected chi connectivity index (χ4v) is 5.34. The Bertz CT molecular complexity index is 955. The van der Waals surface area contributed by atoms with Gasteiger partial charge in [-0.3, -0.25) is 0 Å². The number of rotatable bonds is 5. The van der Waals surface area contributed by atoms with E-state index in [1.165, 1.54) is 0 Å². The fourth-order valence-electron chi connectivity index (χ4n) is 3.59. The van der Waals surface area contributed by atoms with Crippen LogP contribution in [0.15, 0.2) is 59.6 Å². The third-order valence-electron chi connectivity index (χ3n) is 4.74. The molecule has 1 heterocycles. The summed E-state index contributed by atoms with van der Waals surface area (Å²) >= 11 is 0. The molecule has 28 heavy (non-hydrogen) atoms. The lowest BCUT2D eigenvalue weighted by atomic mass is 9.96. The maximum atomic E-state index is 13.1. The van der Waals surface area contributed by atoms with E-state index in [-0.39, 0.29) is 12.6 Å². The highest BCUT2D eigenvalue weighted by atomic mass is 32.2. The molecular weight excluding hydrogens is 376 g/mol. The van der Waals surface area contributed by atoms with E-state index < -0.39 is 26.9 Å². The number of sulfonamides is 1. The summed E-state index contributed by atoms with van der Waals surface area (Å²) < 4.78 is 34.6. The predicted molar refractivity (Wildman–Crippen MR) is 109 cm³/mol. The Balaban J connectivity index is 1.96. The predicted octanol–water partition coefficient (Wildman–Crippen LogP) is 3.24. The molecule has 1 saturated heterocycles. The Morgan fingerprint density at radius 1 is 1.18 bits per heavy atom. The zero-order chi connectivity index (χ0) is 20.4. The Morgan fingerprint density at radius 3 is 2.50 bits per heavy atom. The summed E-state index contributed by atoms with van der Waals surface area (Å²) in [4.78, 5) is 4.48. The van der Waals surface area contributed by atoms with Crippen LogP contribution in [-0.4, -0.2) is 31.8 Å². The Kier molecular flexibility index (Phi) is 5.76. The third kappa shape index (κ3) is 4.36. The number of nitrogens with zero attached hydrogens (tertiary/aromatic N) is 1. The monoisotopic (exact) mass is 402 g/mol. The van der Waals surface area contributed by atoms with Crippen LogP contribution in [0.2, 0.25) is 0 Å². The summed E-state index contributed by atoms with van der Waals surface area (Å²) in [6.07, 6.45) is 0.361. The number of aliphatic hydroxyl groups excluding tert-OH is 1. The summed E-state index contributed by atoms with van der Waals surface area (Å²) in [5.74, 6) is 0. The van der Waals surface area contributed by atoms with Crippen LogP contribution in [-0.2, 0) is 14.8 Å². The number of amidine groups is 1. The van der Waals surface area contributed by atoms with Gasteiger partial charge in [0.25, 0.3) is 6.02 Å². The van der Waals surface area contributed by atoms with Crippen LogP contribution in [0.4, 0.5) is 0 Å². The fraction of sp³-hybridized carbons (Fsp3) is 0.381. The zero-order valence-electron chi connectivity index (χ0n) is 16.3. The lowest BCUT2D eigenvalue weighted by Crippen LogP contribution is -2.53. The molecule has 7 heteroatoms. The third-order valence-corrected chi connectivity index (χ3v) is 6.66. The van der Waals surface area contributed by atoms with Crippen molar-refractivity contribution in [2.45, 2.75) is 44.1 Å². The van der Waals surface area contributed by atoms with Gasteiger partial charge in [-0.25, -0.2) is 18.1 Å².